The maximum absolute atomic E-state index is 12.1. The quantitative estimate of drug-likeness (QED) is 0.636. The highest BCUT2D eigenvalue weighted by atomic mass is 19.4. The molecule has 0 saturated heterocycles. The first-order chi connectivity index (χ1) is 13.2. The highest BCUT2D eigenvalue weighted by Crippen LogP contribution is 2.17. The SMILES string of the molecule is O=C(NCCc1ccc(OCC(F)(F)F)nc1)NCc1ccc(C(=O)O)cc1. The maximum atomic E-state index is 12.1. The number of carboxylic acids is 1. The zero-order valence-corrected chi connectivity index (χ0v) is 14.6. The monoisotopic (exact) mass is 397 g/mol. The molecule has 2 amide bonds. The van der Waals surface area contributed by atoms with Crippen molar-refractivity contribution in [1.82, 2.24) is 15.6 Å². The molecule has 0 radical (unpaired) electrons. The van der Waals surface area contributed by atoms with Crippen LogP contribution >= 0.6 is 0 Å². The van der Waals surface area contributed by atoms with Gasteiger partial charge in [-0.1, -0.05) is 18.2 Å². The van der Waals surface area contributed by atoms with Crippen LogP contribution in [0.3, 0.4) is 0 Å². The Hall–Kier alpha value is -3.30. The standard InChI is InChI=1S/C18H18F3N3O4/c19-18(20,21)11-28-15-6-3-13(9-23-15)7-8-22-17(27)24-10-12-1-4-14(5-2-12)16(25)26/h1-6,9H,7-8,10-11H2,(H,25,26)(H2,22,24,27). The second kappa shape index (κ2) is 9.58. The number of ether oxygens (including phenoxy) is 1. The number of urea groups is 1. The number of pyridine rings is 1. The van der Waals surface area contributed by atoms with E-state index >= 15 is 0 Å². The Morgan fingerprint density at radius 2 is 1.71 bits per heavy atom. The van der Waals surface area contributed by atoms with Crippen molar-refractivity contribution in [3.8, 4) is 5.88 Å². The van der Waals surface area contributed by atoms with Gasteiger partial charge in [0.15, 0.2) is 6.61 Å². The van der Waals surface area contributed by atoms with Crippen LogP contribution in [-0.4, -0.2) is 41.4 Å². The largest absolute Gasteiger partial charge is 0.478 e. The van der Waals surface area contributed by atoms with Gasteiger partial charge in [0.25, 0.3) is 0 Å². The van der Waals surface area contributed by atoms with Crippen molar-refractivity contribution in [3.63, 3.8) is 0 Å². The van der Waals surface area contributed by atoms with E-state index in [0.29, 0.717) is 13.0 Å². The highest BCUT2D eigenvalue weighted by Gasteiger charge is 2.28. The third kappa shape index (κ3) is 7.52. The lowest BCUT2D eigenvalue weighted by Gasteiger charge is -2.09. The third-order valence-electron chi connectivity index (χ3n) is 3.53. The fourth-order valence-electron chi connectivity index (χ4n) is 2.13. The molecule has 7 nitrogen and oxygen atoms in total. The second-order valence-electron chi connectivity index (χ2n) is 5.77. The van der Waals surface area contributed by atoms with Gasteiger partial charge in [-0.3, -0.25) is 0 Å². The van der Waals surface area contributed by atoms with Crippen LogP contribution < -0.4 is 15.4 Å². The van der Waals surface area contributed by atoms with Crippen LogP contribution in [0.15, 0.2) is 42.6 Å². The molecule has 2 rings (SSSR count). The fraction of sp³-hybridized carbons (Fsp3) is 0.278. The number of amides is 2. The van der Waals surface area contributed by atoms with Gasteiger partial charge in [0, 0.05) is 25.4 Å². The average molecular weight is 397 g/mol. The van der Waals surface area contributed by atoms with Crippen molar-refractivity contribution in [2.75, 3.05) is 13.2 Å². The number of hydrogen-bond donors (Lipinski definition) is 3. The van der Waals surface area contributed by atoms with Crippen LogP contribution in [-0.2, 0) is 13.0 Å². The van der Waals surface area contributed by atoms with Gasteiger partial charge in [0.2, 0.25) is 5.88 Å². The molecule has 2 aromatic rings. The number of aromatic nitrogens is 1. The van der Waals surface area contributed by atoms with E-state index in [1.165, 1.54) is 24.4 Å². The Balaban J connectivity index is 1.68. The van der Waals surface area contributed by atoms with E-state index in [1.807, 2.05) is 0 Å². The van der Waals surface area contributed by atoms with Gasteiger partial charge >= 0.3 is 18.2 Å². The summed E-state index contributed by atoms with van der Waals surface area (Å²) in [7, 11) is 0. The van der Waals surface area contributed by atoms with E-state index < -0.39 is 24.8 Å². The Bertz CT molecular complexity index is 793. The van der Waals surface area contributed by atoms with E-state index in [9.17, 15) is 22.8 Å². The number of nitrogens with one attached hydrogen (secondary N) is 2. The molecular formula is C18H18F3N3O4. The van der Waals surface area contributed by atoms with Gasteiger partial charge in [-0.2, -0.15) is 13.2 Å². The number of rotatable bonds is 8. The first-order valence-corrected chi connectivity index (χ1v) is 8.21. The van der Waals surface area contributed by atoms with Crippen molar-refractivity contribution in [1.29, 1.82) is 0 Å². The van der Waals surface area contributed by atoms with Crippen LogP contribution in [0.1, 0.15) is 21.5 Å². The number of hydrogen-bond acceptors (Lipinski definition) is 4. The summed E-state index contributed by atoms with van der Waals surface area (Å²) in [5, 5.41) is 14.1. The van der Waals surface area contributed by atoms with Gasteiger partial charge in [-0.15, -0.1) is 0 Å². The number of carbonyl (C=O) groups excluding carboxylic acids is 1. The number of nitrogens with zero attached hydrogens (tertiary/aromatic N) is 1. The third-order valence-corrected chi connectivity index (χ3v) is 3.53. The molecule has 1 heterocycles. The first-order valence-electron chi connectivity index (χ1n) is 8.21. The molecule has 1 aromatic heterocycles. The van der Waals surface area contributed by atoms with Gasteiger partial charge in [-0.05, 0) is 29.7 Å². The molecule has 150 valence electrons. The van der Waals surface area contributed by atoms with Crippen LogP contribution in [0.5, 0.6) is 5.88 Å². The van der Waals surface area contributed by atoms with Crippen LogP contribution in [0.4, 0.5) is 18.0 Å². The number of alkyl halides is 3. The molecule has 10 heteroatoms. The lowest BCUT2D eigenvalue weighted by atomic mass is 10.1. The van der Waals surface area contributed by atoms with E-state index in [1.54, 1.807) is 18.2 Å². The summed E-state index contributed by atoms with van der Waals surface area (Å²) in [6, 6.07) is 8.62. The second-order valence-corrected chi connectivity index (χ2v) is 5.77. The minimum absolute atomic E-state index is 0.124. The summed E-state index contributed by atoms with van der Waals surface area (Å²) in [5.74, 6) is -1.15. The smallest absolute Gasteiger partial charge is 0.422 e. The van der Waals surface area contributed by atoms with Gasteiger partial charge in [0.1, 0.15) is 0 Å². The molecule has 0 aliphatic carbocycles. The molecular weight excluding hydrogens is 379 g/mol. The topological polar surface area (TPSA) is 101 Å². The number of carboxylic acid groups (broad SMARTS) is 1. The van der Waals surface area contributed by atoms with Gasteiger partial charge in [-0.25, -0.2) is 14.6 Å². The number of carbonyl (C=O) groups is 2. The molecule has 0 bridgehead atoms. The van der Waals surface area contributed by atoms with Crippen molar-refractivity contribution < 1.29 is 32.6 Å². The van der Waals surface area contributed by atoms with Crippen molar-refractivity contribution in [2.45, 2.75) is 19.1 Å². The van der Waals surface area contributed by atoms with E-state index in [2.05, 4.69) is 20.4 Å². The van der Waals surface area contributed by atoms with E-state index in [-0.39, 0.29) is 18.0 Å². The number of aromatic carboxylic acids is 1. The summed E-state index contributed by atoms with van der Waals surface area (Å²) < 4.78 is 40.7. The summed E-state index contributed by atoms with van der Waals surface area (Å²) in [4.78, 5) is 26.3. The van der Waals surface area contributed by atoms with Crippen LogP contribution in [0.2, 0.25) is 0 Å². The zero-order chi connectivity index (χ0) is 20.6. The first kappa shape index (κ1) is 21.0. The summed E-state index contributed by atoms with van der Waals surface area (Å²) >= 11 is 0. The van der Waals surface area contributed by atoms with Crippen LogP contribution in [0.25, 0.3) is 0 Å². The Labute approximate surface area is 158 Å². The zero-order valence-electron chi connectivity index (χ0n) is 14.6. The Morgan fingerprint density at radius 3 is 2.29 bits per heavy atom. The molecule has 0 fully saturated rings. The van der Waals surface area contributed by atoms with Gasteiger partial charge in [0.05, 0.1) is 5.56 Å². The highest BCUT2D eigenvalue weighted by molar-refractivity contribution is 5.87. The normalized spacial score (nSPS) is 11.0. The summed E-state index contributed by atoms with van der Waals surface area (Å²) in [6.45, 7) is -0.868. The molecule has 28 heavy (non-hydrogen) atoms. The summed E-state index contributed by atoms with van der Waals surface area (Å²) in [5.41, 5.74) is 1.64. The molecule has 3 N–H and O–H groups in total. The molecule has 0 saturated carbocycles. The Morgan fingerprint density at radius 1 is 1.04 bits per heavy atom. The molecule has 0 aliphatic heterocycles. The van der Waals surface area contributed by atoms with Crippen molar-refractivity contribution >= 4 is 12.0 Å². The van der Waals surface area contributed by atoms with Crippen molar-refractivity contribution in [2.24, 2.45) is 0 Å². The minimum atomic E-state index is -4.42. The molecule has 0 aliphatic rings. The minimum Gasteiger partial charge on any atom is -0.478 e. The maximum Gasteiger partial charge on any atom is 0.422 e. The van der Waals surface area contributed by atoms with E-state index in [0.717, 1.165) is 11.1 Å². The number of halogens is 3. The number of benzene rings is 1. The lowest BCUT2D eigenvalue weighted by Crippen LogP contribution is -2.36. The molecule has 1 aromatic carbocycles. The molecule has 0 spiro atoms. The van der Waals surface area contributed by atoms with Crippen LogP contribution in [0, 0.1) is 0 Å². The van der Waals surface area contributed by atoms with E-state index in [4.69, 9.17) is 5.11 Å². The molecule has 0 unspecified atom stereocenters. The predicted octanol–water partition coefficient (Wildman–Crippen LogP) is 2.76. The average Bonchev–Trinajstić information content (AvgIpc) is 2.65. The molecule has 0 atom stereocenters. The Kier molecular flexibility index (Phi) is 7.19. The van der Waals surface area contributed by atoms with Gasteiger partial charge < -0.3 is 20.5 Å². The predicted molar refractivity (Wildman–Crippen MR) is 93.1 cm³/mol. The summed E-state index contributed by atoms with van der Waals surface area (Å²) in [6.07, 6.45) is -2.60. The van der Waals surface area contributed by atoms with Crippen molar-refractivity contribution in [3.05, 3.63) is 59.3 Å². The fourth-order valence-corrected chi connectivity index (χ4v) is 2.13. The lowest BCUT2D eigenvalue weighted by molar-refractivity contribution is -0.154.